The molecule has 0 N–H and O–H groups in total. The van der Waals surface area contributed by atoms with Crippen molar-refractivity contribution in [3.63, 3.8) is 0 Å². The molecule has 0 amide bonds. The molecule has 0 saturated heterocycles. The van der Waals surface area contributed by atoms with Crippen molar-refractivity contribution in [3.05, 3.63) is 39.2 Å². The van der Waals surface area contributed by atoms with Gasteiger partial charge in [0.15, 0.2) is 0 Å². The molecule has 6 nitrogen and oxygen atoms in total. The maximum absolute atomic E-state index is 11.1. The van der Waals surface area contributed by atoms with Crippen molar-refractivity contribution in [1.29, 1.82) is 0 Å². The number of hydrogen-bond donors (Lipinski definition) is 0. The highest BCUT2D eigenvalue weighted by Gasteiger charge is 2.14. The number of esters is 1. The summed E-state index contributed by atoms with van der Waals surface area (Å²) in [5.41, 5.74) is 0.116. The van der Waals surface area contributed by atoms with Crippen LogP contribution in [0.15, 0.2) is 18.5 Å². The van der Waals surface area contributed by atoms with Crippen LogP contribution in [0.2, 0.25) is 5.02 Å². The Labute approximate surface area is 108 Å². The molecule has 0 atom stereocenters. The van der Waals surface area contributed by atoms with Crippen LogP contribution in [-0.2, 0) is 9.53 Å². The fourth-order valence-electron chi connectivity index (χ4n) is 1.19. The van der Waals surface area contributed by atoms with Gasteiger partial charge in [0.1, 0.15) is 11.2 Å². The number of rotatable bonds is 5. The van der Waals surface area contributed by atoms with E-state index in [0.717, 1.165) is 6.20 Å². The second-order valence-electron chi connectivity index (χ2n) is 3.23. The summed E-state index contributed by atoms with van der Waals surface area (Å²) in [6, 6.07) is 0. The lowest BCUT2D eigenvalue weighted by atomic mass is 10.2. The first kappa shape index (κ1) is 14.1. The molecule has 1 rings (SSSR count). The number of hydrogen-bond acceptors (Lipinski definition) is 5. The normalized spacial score (nSPS) is 10.6. The lowest BCUT2D eigenvalue weighted by Crippen LogP contribution is -2.01. The number of nitro groups is 1. The third-order valence-electron chi connectivity index (χ3n) is 1.97. The highest BCUT2D eigenvalue weighted by Crippen LogP contribution is 2.27. The number of aromatic nitrogens is 1. The first-order valence-electron chi connectivity index (χ1n) is 5.16. The number of carbonyl (C=O) groups is 1. The van der Waals surface area contributed by atoms with Crippen molar-refractivity contribution in [2.45, 2.75) is 13.3 Å². The van der Waals surface area contributed by atoms with Gasteiger partial charge >= 0.3 is 11.7 Å². The molecule has 0 aromatic carbocycles. The molecule has 1 aromatic heterocycles. The van der Waals surface area contributed by atoms with Gasteiger partial charge in [-0.25, -0.2) is 0 Å². The number of carbonyl (C=O) groups excluding carboxylic acids is 1. The van der Waals surface area contributed by atoms with Gasteiger partial charge in [-0.1, -0.05) is 23.8 Å². The van der Waals surface area contributed by atoms with Gasteiger partial charge in [-0.05, 0) is 6.92 Å². The largest absolute Gasteiger partial charge is 0.466 e. The zero-order chi connectivity index (χ0) is 13.5. The van der Waals surface area contributed by atoms with E-state index in [0.29, 0.717) is 12.2 Å². The zero-order valence-electron chi connectivity index (χ0n) is 9.63. The first-order chi connectivity index (χ1) is 8.56. The number of pyridine rings is 1. The van der Waals surface area contributed by atoms with E-state index in [1.54, 1.807) is 6.92 Å². The molecule has 0 saturated carbocycles. The summed E-state index contributed by atoms with van der Waals surface area (Å²) >= 11 is 5.83. The van der Waals surface area contributed by atoms with Crippen LogP contribution in [0.25, 0.3) is 6.08 Å². The Kier molecular flexibility index (Phi) is 5.26. The van der Waals surface area contributed by atoms with Crippen molar-refractivity contribution in [3.8, 4) is 0 Å². The van der Waals surface area contributed by atoms with Gasteiger partial charge in [-0.3, -0.25) is 19.9 Å². The Balaban J connectivity index is 2.79. The highest BCUT2D eigenvalue weighted by molar-refractivity contribution is 6.34. The minimum absolute atomic E-state index is 0.00453. The summed E-state index contributed by atoms with van der Waals surface area (Å²) in [5, 5.41) is 10.6. The van der Waals surface area contributed by atoms with Gasteiger partial charge in [0, 0.05) is 11.8 Å². The lowest BCUT2D eigenvalue weighted by molar-refractivity contribution is -0.385. The summed E-state index contributed by atoms with van der Waals surface area (Å²) < 4.78 is 4.72. The molecule has 18 heavy (non-hydrogen) atoms. The molecule has 0 unspecified atom stereocenters. The number of halogens is 1. The van der Waals surface area contributed by atoms with Gasteiger partial charge < -0.3 is 4.74 Å². The molecule has 0 radical (unpaired) electrons. The molecule has 0 bridgehead atoms. The van der Waals surface area contributed by atoms with Gasteiger partial charge in [-0.2, -0.15) is 0 Å². The average Bonchev–Trinajstić information content (AvgIpc) is 2.31. The lowest BCUT2D eigenvalue weighted by Gasteiger charge is -1.99. The Bertz CT molecular complexity index is 488. The molecule has 0 aliphatic rings. The zero-order valence-corrected chi connectivity index (χ0v) is 10.4. The van der Waals surface area contributed by atoms with E-state index >= 15 is 0 Å². The van der Waals surface area contributed by atoms with E-state index < -0.39 is 4.92 Å². The van der Waals surface area contributed by atoms with Gasteiger partial charge in [0.2, 0.25) is 0 Å². The fraction of sp³-hybridized carbons (Fsp3) is 0.273. The summed E-state index contributed by atoms with van der Waals surface area (Å²) in [4.78, 5) is 24.8. The minimum atomic E-state index is -0.613. The quantitative estimate of drug-likeness (QED) is 0.466. The number of nitrogens with zero attached hydrogens (tertiary/aromatic N) is 2. The summed E-state index contributed by atoms with van der Waals surface area (Å²) in [5.74, 6) is -0.372. The van der Waals surface area contributed by atoms with Crippen LogP contribution in [0, 0.1) is 10.1 Å². The molecule has 1 heterocycles. The van der Waals surface area contributed by atoms with E-state index in [9.17, 15) is 14.9 Å². The van der Waals surface area contributed by atoms with Gasteiger partial charge in [0.25, 0.3) is 0 Å². The molecule has 7 heteroatoms. The van der Waals surface area contributed by atoms with E-state index in [1.165, 1.54) is 18.3 Å². The Hall–Kier alpha value is -1.95. The molecular formula is C11H11ClN2O4. The Morgan fingerprint density at radius 1 is 1.61 bits per heavy atom. The van der Waals surface area contributed by atoms with Crippen LogP contribution in [0.1, 0.15) is 18.9 Å². The van der Waals surface area contributed by atoms with Crippen LogP contribution in [0.4, 0.5) is 5.69 Å². The van der Waals surface area contributed by atoms with Crippen LogP contribution >= 0.6 is 11.6 Å². The smallest absolute Gasteiger partial charge is 0.309 e. The molecular weight excluding hydrogens is 260 g/mol. The SMILES string of the molecule is CCOC(=O)CC=Cc1cncc([N+](=O)[O-])c1Cl. The van der Waals surface area contributed by atoms with Crippen LogP contribution in [0.5, 0.6) is 0 Å². The summed E-state index contributed by atoms with van der Waals surface area (Å²) in [6.07, 6.45) is 5.55. The molecule has 0 fully saturated rings. The molecule has 0 spiro atoms. The topological polar surface area (TPSA) is 82.3 Å². The predicted molar refractivity (Wildman–Crippen MR) is 66.2 cm³/mol. The van der Waals surface area contributed by atoms with Crippen molar-refractivity contribution in [2.75, 3.05) is 6.61 Å². The van der Waals surface area contributed by atoms with Crippen molar-refractivity contribution < 1.29 is 14.5 Å². The van der Waals surface area contributed by atoms with E-state index in [2.05, 4.69) is 4.98 Å². The first-order valence-corrected chi connectivity index (χ1v) is 5.54. The summed E-state index contributed by atoms with van der Waals surface area (Å²) in [6.45, 7) is 2.02. The van der Waals surface area contributed by atoms with Gasteiger partial charge in [-0.15, -0.1) is 0 Å². The molecule has 0 aliphatic heterocycles. The van der Waals surface area contributed by atoms with Crippen molar-refractivity contribution in [1.82, 2.24) is 4.98 Å². The average molecular weight is 271 g/mol. The van der Waals surface area contributed by atoms with Crippen LogP contribution < -0.4 is 0 Å². The summed E-state index contributed by atoms with van der Waals surface area (Å²) in [7, 11) is 0. The maximum atomic E-state index is 11.1. The third-order valence-corrected chi connectivity index (χ3v) is 2.38. The predicted octanol–water partition coefficient (Wildman–Crippen LogP) is 2.61. The molecule has 96 valence electrons. The fourth-order valence-corrected chi connectivity index (χ4v) is 1.42. The van der Waals surface area contributed by atoms with Crippen molar-refractivity contribution >= 4 is 29.3 Å². The second kappa shape index (κ2) is 6.70. The third kappa shape index (κ3) is 3.81. The van der Waals surface area contributed by atoms with Crippen molar-refractivity contribution in [2.24, 2.45) is 0 Å². The van der Waals surface area contributed by atoms with Gasteiger partial charge in [0.05, 0.1) is 18.0 Å². The Morgan fingerprint density at radius 3 is 2.94 bits per heavy atom. The van der Waals surface area contributed by atoms with E-state index in [4.69, 9.17) is 16.3 Å². The maximum Gasteiger partial charge on any atom is 0.309 e. The highest BCUT2D eigenvalue weighted by atomic mass is 35.5. The van der Waals surface area contributed by atoms with Crippen LogP contribution in [-0.4, -0.2) is 22.5 Å². The van der Waals surface area contributed by atoms with E-state index in [1.807, 2.05) is 0 Å². The molecule has 0 aliphatic carbocycles. The Morgan fingerprint density at radius 2 is 2.33 bits per heavy atom. The number of ether oxygens (including phenoxy) is 1. The van der Waals surface area contributed by atoms with E-state index in [-0.39, 0.29) is 23.1 Å². The molecule has 1 aromatic rings. The van der Waals surface area contributed by atoms with Crippen LogP contribution in [0.3, 0.4) is 0 Å². The standard InChI is InChI=1S/C11H11ClN2O4/c1-2-18-10(15)5-3-4-8-6-13-7-9(11(8)12)14(16)17/h3-4,6-7H,2,5H2,1H3. The second-order valence-corrected chi connectivity index (χ2v) is 3.61. The monoisotopic (exact) mass is 270 g/mol. The minimum Gasteiger partial charge on any atom is -0.466 e.